The van der Waals surface area contributed by atoms with E-state index < -0.39 is 6.09 Å². The van der Waals surface area contributed by atoms with Gasteiger partial charge in [-0.2, -0.15) is 0 Å². The van der Waals surface area contributed by atoms with Crippen LogP contribution in [-0.4, -0.2) is 26.2 Å². The number of nitrogens with one attached hydrogen (secondary N) is 1. The van der Waals surface area contributed by atoms with E-state index in [4.69, 9.17) is 5.11 Å². The zero-order chi connectivity index (χ0) is 12.4. The summed E-state index contributed by atoms with van der Waals surface area (Å²) in [5.41, 5.74) is 1.30. The third kappa shape index (κ3) is 2.44. The number of carboxylic acid groups (broad SMARTS) is 1. The second kappa shape index (κ2) is 4.54. The van der Waals surface area contributed by atoms with Crippen molar-refractivity contribution in [3.8, 4) is 11.3 Å². The van der Waals surface area contributed by atoms with E-state index in [1.54, 1.807) is 7.05 Å². The van der Waals surface area contributed by atoms with E-state index in [1.165, 1.54) is 4.68 Å². The standard InChI is InChI=1S/C10H9BrN4O2/c1-15-9(12-10(16)17)8(13-14-15)6-2-4-7(11)5-3-6/h2-5,12H,1H3,(H,16,17). The van der Waals surface area contributed by atoms with Gasteiger partial charge in [0.2, 0.25) is 0 Å². The molecule has 1 amide bonds. The van der Waals surface area contributed by atoms with Crippen molar-refractivity contribution in [2.24, 2.45) is 7.05 Å². The Labute approximate surface area is 105 Å². The maximum Gasteiger partial charge on any atom is 0.410 e. The summed E-state index contributed by atoms with van der Waals surface area (Å²) in [6.07, 6.45) is -1.14. The van der Waals surface area contributed by atoms with Crippen LogP contribution in [0.5, 0.6) is 0 Å². The zero-order valence-corrected chi connectivity index (χ0v) is 10.5. The van der Waals surface area contributed by atoms with Gasteiger partial charge in [0, 0.05) is 17.1 Å². The van der Waals surface area contributed by atoms with E-state index >= 15 is 0 Å². The second-order valence-corrected chi connectivity index (χ2v) is 4.26. The summed E-state index contributed by atoms with van der Waals surface area (Å²) in [6.45, 7) is 0. The first-order valence-corrected chi connectivity index (χ1v) is 5.53. The lowest BCUT2D eigenvalue weighted by atomic mass is 10.1. The molecule has 0 aliphatic heterocycles. The van der Waals surface area contributed by atoms with Crippen LogP contribution in [0.3, 0.4) is 0 Å². The average molecular weight is 297 g/mol. The summed E-state index contributed by atoms with van der Waals surface area (Å²) in [5.74, 6) is 0.347. The highest BCUT2D eigenvalue weighted by molar-refractivity contribution is 9.10. The molecule has 0 fully saturated rings. The van der Waals surface area contributed by atoms with Crippen molar-refractivity contribution >= 4 is 27.8 Å². The Morgan fingerprint density at radius 1 is 1.41 bits per heavy atom. The first-order chi connectivity index (χ1) is 8.08. The minimum atomic E-state index is -1.14. The van der Waals surface area contributed by atoms with E-state index in [9.17, 15) is 4.79 Å². The van der Waals surface area contributed by atoms with Crippen LogP contribution in [0.1, 0.15) is 0 Å². The Hall–Kier alpha value is -1.89. The van der Waals surface area contributed by atoms with Crippen molar-refractivity contribution in [2.75, 3.05) is 5.32 Å². The number of rotatable bonds is 2. The molecule has 0 atom stereocenters. The van der Waals surface area contributed by atoms with Gasteiger partial charge in [-0.05, 0) is 12.1 Å². The number of hydrogen-bond donors (Lipinski definition) is 2. The Bertz CT molecular complexity index is 550. The zero-order valence-electron chi connectivity index (χ0n) is 8.88. The Balaban J connectivity index is 2.45. The fraction of sp³-hybridized carbons (Fsp3) is 0.100. The molecular weight excluding hydrogens is 288 g/mol. The highest BCUT2D eigenvalue weighted by Gasteiger charge is 2.14. The minimum Gasteiger partial charge on any atom is -0.465 e. The van der Waals surface area contributed by atoms with Gasteiger partial charge < -0.3 is 5.11 Å². The van der Waals surface area contributed by atoms with Crippen molar-refractivity contribution < 1.29 is 9.90 Å². The third-order valence-electron chi connectivity index (χ3n) is 2.17. The van der Waals surface area contributed by atoms with Gasteiger partial charge in [-0.3, -0.25) is 5.32 Å². The number of aryl methyl sites for hydroxylation is 1. The molecular formula is C10H9BrN4O2. The van der Waals surface area contributed by atoms with Gasteiger partial charge in [0.25, 0.3) is 0 Å². The molecule has 6 nitrogen and oxygen atoms in total. The summed E-state index contributed by atoms with van der Waals surface area (Å²) < 4.78 is 2.32. The van der Waals surface area contributed by atoms with Crippen LogP contribution in [0.4, 0.5) is 10.6 Å². The molecule has 0 saturated heterocycles. The number of aromatic nitrogens is 3. The Kier molecular flexibility index (Phi) is 3.10. The predicted molar refractivity (Wildman–Crippen MR) is 65.8 cm³/mol. The van der Waals surface area contributed by atoms with E-state index in [1.807, 2.05) is 24.3 Å². The maximum absolute atomic E-state index is 10.7. The van der Waals surface area contributed by atoms with Gasteiger partial charge in [0.15, 0.2) is 5.82 Å². The maximum atomic E-state index is 10.7. The summed E-state index contributed by atoms with van der Waals surface area (Å²) in [4.78, 5) is 10.7. The largest absolute Gasteiger partial charge is 0.465 e. The van der Waals surface area contributed by atoms with Crippen LogP contribution in [0, 0.1) is 0 Å². The predicted octanol–water partition coefficient (Wildman–Crippen LogP) is 2.33. The number of benzene rings is 1. The topological polar surface area (TPSA) is 80.0 Å². The molecule has 88 valence electrons. The lowest BCUT2D eigenvalue weighted by molar-refractivity contribution is 0.209. The molecule has 2 N–H and O–H groups in total. The average Bonchev–Trinajstić information content (AvgIpc) is 2.61. The van der Waals surface area contributed by atoms with Gasteiger partial charge >= 0.3 is 6.09 Å². The molecule has 2 rings (SSSR count). The summed E-state index contributed by atoms with van der Waals surface area (Å²) in [5, 5.41) is 18.8. The molecule has 0 aliphatic rings. The van der Waals surface area contributed by atoms with Crippen molar-refractivity contribution in [3.05, 3.63) is 28.7 Å². The van der Waals surface area contributed by atoms with Crippen molar-refractivity contribution in [1.82, 2.24) is 15.0 Å². The summed E-state index contributed by atoms with van der Waals surface area (Å²) in [6, 6.07) is 7.38. The molecule has 2 aromatic rings. The van der Waals surface area contributed by atoms with E-state index in [0.29, 0.717) is 11.5 Å². The van der Waals surface area contributed by atoms with Crippen molar-refractivity contribution in [3.63, 3.8) is 0 Å². The van der Waals surface area contributed by atoms with E-state index in [-0.39, 0.29) is 0 Å². The van der Waals surface area contributed by atoms with Crippen molar-refractivity contribution in [1.29, 1.82) is 0 Å². The van der Waals surface area contributed by atoms with Crippen LogP contribution in [-0.2, 0) is 7.05 Å². The molecule has 0 radical (unpaired) electrons. The van der Waals surface area contributed by atoms with Gasteiger partial charge in [-0.25, -0.2) is 9.48 Å². The van der Waals surface area contributed by atoms with Crippen LogP contribution in [0.25, 0.3) is 11.3 Å². The molecule has 7 heteroatoms. The van der Waals surface area contributed by atoms with Gasteiger partial charge in [0.05, 0.1) is 0 Å². The number of hydrogen-bond acceptors (Lipinski definition) is 3. The molecule has 17 heavy (non-hydrogen) atoms. The molecule has 0 unspecified atom stereocenters. The molecule has 0 bridgehead atoms. The third-order valence-corrected chi connectivity index (χ3v) is 2.70. The van der Waals surface area contributed by atoms with E-state index in [2.05, 4.69) is 31.6 Å². The fourth-order valence-corrected chi connectivity index (χ4v) is 1.67. The van der Waals surface area contributed by atoms with Gasteiger partial charge in [-0.15, -0.1) is 5.10 Å². The second-order valence-electron chi connectivity index (χ2n) is 3.35. The first-order valence-electron chi connectivity index (χ1n) is 4.73. The molecule has 0 spiro atoms. The molecule has 1 aromatic heterocycles. The number of amides is 1. The highest BCUT2D eigenvalue weighted by Crippen LogP contribution is 2.26. The Morgan fingerprint density at radius 2 is 2.06 bits per heavy atom. The summed E-state index contributed by atoms with van der Waals surface area (Å²) >= 11 is 3.33. The van der Waals surface area contributed by atoms with Crippen LogP contribution in [0.15, 0.2) is 28.7 Å². The molecule has 0 aliphatic carbocycles. The number of nitrogens with zero attached hydrogens (tertiary/aromatic N) is 3. The van der Waals surface area contributed by atoms with E-state index in [0.717, 1.165) is 10.0 Å². The molecule has 1 heterocycles. The number of anilines is 1. The normalized spacial score (nSPS) is 10.2. The minimum absolute atomic E-state index is 0.347. The number of carbonyl (C=O) groups is 1. The fourth-order valence-electron chi connectivity index (χ4n) is 1.40. The lowest BCUT2D eigenvalue weighted by Crippen LogP contribution is -2.11. The molecule has 1 aromatic carbocycles. The monoisotopic (exact) mass is 296 g/mol. The Morgan fingerprint density at radius 3 is 2.65 bits per heavy atom. The van der Waals surface area contributed by atoms with Gasteiger partial charge in [-0.1, -0.05) is 33.3 Å². The quantitative estimate of drug-likeness (QED) is 0.891. The first kappa shape index (κ1) is 11.6. The summed E-state index contributed by atoms with van der Waals surface area (Å²) in [7, 11) is 1.63. The van der Waals surface area contributed by atoms with Crippen LogP contribution < -0.4 is 5.32 Å². The van der Waals surface area contributed by atoms with Crippen LogP contribution >= 0.6 is 15.9 Å². The SMILES string of the molecule is Cn1nnc(-c2ccc(Br)cc2)c1NC(=O)O. The van der Waals surface area contributed by atoms with Crippen molar-refractivity contribution in [2.45, 2.75) is 0 Å². The lowest BCUT2D eigenvalue weighted by Gasteiger charge is -2.03. The van der Waals surface area contributed by atoms with Crippen LogP contribution in [0.2, 0.25) is 0 Å². The molecule has 0 saturated carbocycles. The highest BCUT2D eigenvalue weighted by atomic mass is 79.9. The number of halogens is 1. The smallest absolute Gasteiger partial charge is 0.410 e. The van der Waals surface area contributed by atoms with Gasteiger partial charge in [0.1, 0.15) is 5.69 Å².